The van der Waals surface area contributed by atoms with E-state index < -0.39 is 5.66 Å². The monoisotopic (exact) mass is 283 g/mol. The van der Waals surface area contributed by atoms with Crippen LogP contribution in [0.5, 0.6) is 0 Å². The van der Waals surface area contributed by atoms with Crippen LogP contribution in [0.3, 0.4) is 0 Å². The number of hydrogen-bond donors (Lipinski definition) is 1. The SMILES string of the molecule is CCC[N+](C)(C)C(N)(c1ccccc1)c1cccc(C)c1. The second-order valence-corrected chi connectivity index (χ2v) is 6.41. The second-order valence-electron chi connectivity index (χ2n) is 6.41. The molecule has 0 radical (unpaired) electrons. The molecule has 0 spiro atoms. The van der Waals surface area contributed by atoms with Gasteiger partial charge in [0.1, 0.15) is 0 Å². The van der Waals surface area contributed by atoms with E-state index in [0.717, 1.165) is 23.0 Å². The number of aryl methyl sites for hydroxylation is 1. The summed E-state index contributed by atoms with van der Waals surface area (Å²) >= 11 is 0. The smallest absolute Gasteiger partial charge is 0.203 e. The molecule has 0 bridgehead atoms. The van der Waals surface area contributed by atoms with E-state index in [0.29, 0.717) is 0 Å². The zero-order valence-electron chi connectivity index (χ0n) is 13.6. The van der Waals surface area contributed by atoms with Gasteiger partial charge in [-0.2, -0.15) is 0 Å². The van der Waals surface area contributed by atoms with Crippen molar-refractivity contribution in [3.63, 3.8) is 0 Å². The lowest BCUT2D eigenvalue weighted by atomic mass is 9.87. The summed E-state index contributed by atoms with van der Waals surface area (Å²) in [5.74, 6) is 0. The topological polar surface area (TPSA) is 26.0 Å². The molecular weight excluding hydrogens is 256 g/mol. The van der Waals surface area contributed by atoms with Crippen LogP contribution >= 0.6 is 0 Å². The normalized spacial score (nSPS) is 14.7. The summed E-state index contributed by atoms with van der Waals surface area (Å²) in [6.07, 6.45) is 1.10. The van der Waals surface area contributed by atoms with E-state index in [-0.39, 0.29) is 0 Å². The van der Waals surface area contributed by atoms with Crippen molar-refractivity contribution >= 4 is 0 Å². The van der Waals surface area contributed by atoms with Gasteiger partial charge in [0, 0.05) is 11.1 Å². The molecule has 2 aromatic rings. The number of rotatable bonds is 5. The van der Waals surface area contributed by atoms with Crippen molar-refractivity contribution in [2.24, 2.45) is 5.73 Å². The summed E-state index contributed by atoms with van der Waals surface area (Å²) < 4.78 is 0.733. The Balaban J connectivity index is 2.65. The van der Waals surface area contributed by atoms with Crippen LogP contribution < -0.4 is 5.73 Å². The van der Waals surface area contributed by atoms with Crippen LogP contribution in [0.1, 0.15) is 30.0 Å². The molecule has 1 atom stereocenters. The molecule has 0 aliphatic rings. The zero-order valence-corrected chi connectivity index (χ0v) is 13.6. The first kappa shape index (κ1) is 15.7. The molecule has 0 aromatic heterocycles. The molecule has 0 saturated carbocycles. The van der Waals surface area contributed by atoms with Crippen molar-refractivity contribution in [1.29, 1.82) is 0 Å². The van der Waals surface area contributed by atoms with Gasteiger partial charge in [0.25, 0.3) is 0 Å². The molecule has 112 valence electrons. The summed E-state index contributed by atoms with van der Waals surface area (Å²) in [6, 6.07) is 19.0. The van der Waals surface area contributed by atoms with Crippen molar-refractivity contribution in [1.82, 2.24) is 0 Å². The molecule has 0 amide bonds. The maximum Gasteiger partial charge on any atom is 0.203 e. The Hall–Kier alpha value is -1.64. The first-order valence-electron chi connectivity index (χ1n) is 7.66. The van der Waals surface area contributed by atoms with E-state index in [1.165, 1.54) is 11.1 Å². The molecule has 2 N–H and O–H groups in total. The Labute approximate surface area is 128 Å². The maximum atomic E-state index is 7.05. The van der Waals surface area contributed by atoms with Gasteiger partial charge in [-0.1, -0.05) is 61.0 Å². The third-order valence-electron chi connectivity index (χ3n) is 4.41. The van der Waals surface area contributed by atoms with E-state index in [2.05, 4.69) is 76.5 Å². The summed E-state index contributed by atoms with van der Waals surface area (Å²) in [4.78, 5) is 0. The van der Waals surface area contributed by atoms with Crippen LogP contribution in [0, 0.1) is 6.92 Å². The molecule has 2 nitrogen and oxygen atoms in total. The highest BCUT2D eigenvalue weighted by atomic mass is 15.4. The van der Waals surface area contributed by atoms with Gasteiger partial charge in [0.15, 0.2) is 0 Å². The van der Waals surface area contributed by atoms with E-state index in [1.807, 2.05) is 6.07 Å². The Morgan fingerprint density at radius 3 is 2.14 bits per heavy atom. The highest BCUT2D eigenvalue weighted by molar-refractivity contribution is 5.36. The summed E-state index contributed by atoms with van der Waals surface area (Å²) in [7, 11) is 4.44. The number of hydrogen-bond acceptors (Lipinski definition) is 1. The summed E-state index contributed by atoms with van der Waals surface area (Å²) in [5.41, 5.74) is 10.1. The average molecular weight is 283 g/mol. The molecule has 0 heterocycles. The second kappa shape index (κ2) is 6.00. The van der Waals surface area contributed by atoms with Crippen LogP contribution in [0.4, 0.5) is 0 Å². The van der Waals surface area contributed by atoms with Crippen molar-refractivity contribution in [2.45, 2.75) is 25.9 Å². The van der Waals surface area contributed by atoms with Gasteiger partial charge in [-0.15, -0.1) is 0 Å². The minimum absolute atomic E-state index is 0.538. The van der Waals surface area contributed by atoms with Gasteiger partial charge in [-0.05, 0) is 19.4 Å². The standard InChI is InChI=1S/C19H27N2/c1-5-14-21(3,4)19(20,17-11-7-6-8-12-17)18-13-9-10-16(2)15-18/h6-13,15H,5,14,20H2,1-4H3/q+1. The number of benzene rings is 2. The Bertz CT molecular complexity index is 590. The van der Waals surface area contributed by atoms with Crippen molar-refractivity contribution in [2.75, 3.05) is 20.6 Å². The van der Waals surface area contributed by atoms with E-state index in [9.17, 15) is 0 Å². The van der Waals surface area contributed by atoms with Crippen LogP contribution in [-0.2, 0) is 5.66 Å². The highest BCUT2D eigenvalue weighted by Gasteiger charge is 2.44. The Morgan fingerprint density at radius 2 is 1.57 bits per heavy atom. The van der Waals surface area contributed by atoms with Gasteiger partial charge < -0.3 is 4.48 Å². The molecule has 2 heteroatoms. The molecule has 2 rings (SSSR count). The largest absolute Gasteiger partial charge is 0.303 e. The lowest BCUT2D eigenvalue weighted by molar-refractivity contribution is -0.943. The molecule has 0 aliphatic heterocycles. The Kier molecular flexibility index (Phi) is 4.50. The quantitative estimate of drug-likeness (QED) is 0.658. The minimum Gasteiger partial charge on any atom is -0.303 e. The van der Waals surface area contributed by atoms with Gasteiger partial charge in [0.2, 0.25) is 5.66 Å². The molecule has 0 fully saturated rings. The molecular formula is C19H27N2+. The van der Waals surface area contributed by atoms with Gasteiger partial charge in [-0.25, -0.2) is 0 Å². The predicted molar refractivity (Wildman–Crippen MR) is 89.9 cm³/mol. The van der Waals surface area contributed by atoms with Crippen LogP contribution in [0.25, 0.3) is 0 Å². The Morgan fingerprint density at radius 1 is 0.952 bits per heavy atom. The highest BCUT2D eigenvalue weighted by Crippen LogP contribution is 2.35. The molecule has 0 aliphatic carbocycles. The van der Waals surface area contributed by atoms with Crippen molar-refractivity contribution in [3.8, 4) is 0 Å². The van der Waals surface area contributed by atoms with Crippen LogP contribution in [0.2, 0.25) is 0 Å². The third kappa shape index (κ3) is 2.87. The van der Waals surface area contributed by atoms with E-state index in [1.54, 1.807) is 0 Å². The average Bonchev–Trinajstić information content (AvgIpc) is 2.47. The minimum atomic E-state index is -0.538. The summed E-state index contributed by atoms with van der Waals surface area (Å²) in [6.45, 7) is 5.36. The van der Waals surface area contributed by atoms with Crippen molar-refractivity contribution in [3.05, 3.63) is 71.3 Å². The van der Waals surface area contributed by atoms with Crippen LogP contribution in [-0.4, -0.2) is 25.1 Å². The fourth-order valence-corrected chi connectivity index (χ4v) is 3.18. The third-order valence-corrected chi connectivity index (χ3v) is 4.41. The fourth-order valence-electron chi connectivity index (χ4n) is 3.18. The van der Waals surface area contributed by atoms with Gasteiger partial charge in [0.05, 0.1) is 20.6 Å². The predicted octanol–water partition coefficient (Wildman–Crippen LogP) is 3.64. The molecule has 21 heavy (non-hydrogen) atoms. The van der Waals surface area contributed by atoms with Crippen LogP contribution in [0.15, 0.2) is 54.6 Å². The van der Waals surface area contributed by atoms with E-state index >= 15 is 0 Å². The molecule has 1 unspecified atom stereocenters. The lowest BCUT2D eigenvalue weighted by Crippen LogP contribution is -2.63. The first-order chi connectivity index (χ1) is 9.91. The number of nitrogens with zero attached hydrogens (tertiary/aromatic N) is 1. The van der Waals surface area contributed by atoms with Crippen molar-refractivity contribution < 1.29 is 4.48 Å². The lowest BCUT2D eigenvalue weighted by Gasteiger charge is -2.46. The summed E-state index contributed by atoms with van der Waals surface area (Å²) in [5, 5.41) is 0. The van der Waals surface area contributed by atoms with E-state index in [4.69, 9.17) is 5.73 Å². The number of quaternary nitrogens is 1. The van der Waals surface area contributed by atoms with Gasteiger partial charge in [-0.3, -0.25) is 5.73 Å². The zero-order chi connectivity index (χ0) is 15.5. The molecule has 2 aromatic carbocycles. The number of nitrogens with two attached hydrogens (primary N) is 1. The fraction of sp³-hybridized carbons (Fsp3) is 0.368. The maximum absolute atomic E-state index is 7.05. The first-order valence-corrected chi connectivity index (χ1v) is 7.66. The van der Waals surface area contributed by atoms with Gasteiger partial charge >= 0.3 is 0 Å². The molecule has 0 saturated heterocycles.